The fourth-order valence-electron chi connectivity index (χ4n) is 2.93. The second-order valence-electron chi connectivity index (χ2n) is 6.05. The number of aliphatic imine (C=N–C) groups is 1. The summed E-state index contributed by atoms with van der Waals surface area (Å²) in [6.45, 7) is 0. The monoisotopic (exact) mass is 341 g/mol. The average molecular weight is 341 g/mol. The maximum Gasteiger partial charge on any atom is 0.219 e. The number of methoxy groups -OCH3 is 1. The summed E-state index contributed by atoms with van der Waals surface area (Å²) in [4.78, 5) is 8.92. The Bertz CT molecular complexity index is 710. The molecule has 6 heteroatoms. The van der Waals surface area contributed by atoms with Crippen molar-refractivity contribution < 1.29 is 14.7 Å². The summed E-state index contributed by atoms with van der Waals surface area (Å²) >= 11 is 0. The first kappa shape index (κ1) is 17.2. The number of ether oxygens (including phenoxy) is 2. The van der Waals surface area contributed by atoms with Gasteiger partial charge in [-0.2, -0.15) is 0 Å². The van der Waals surface area contributed by atoms with Gasteiger partial charge in [0.1, 0.15) is 11.5 Å². The second-order valence-corrected chi connectivity index (χ2v) is 6.05. The minimum absolute atomic E-state index is 0.260. The molecule has 1 saturated carbocycles. The van der Waals surface area contributed by atoms with E-state index in [9.17, 15) is 5.21 Å². The molecule has 0 atom stereocenters. The van der Waals surface area contributed by atoms with Gasteiger partial charge in [0.2, 0.25) is 5.88 Å². The minimum atomic E-state index is 0.260. The number of hydroxylamine groups is 1. The van der Waals surface area contributed by atoms with Crippen molar-refractivity contribution in [3.8, 4) is 17.4 Å². The van der Waals surface area contributed by atoms with Gasteiger partial charge in [0.15, 0.2) is 5.84 Å². The Balaban J connectivity index is 1.70. The SMILES string of the molecule is COc1cccc(Oc2ccc(C(=NC3CCCCC3)NO)cn2)c1. The van der Waals surface area contributed by atoms with E-state index >= 15 is 0 Å². The predicted molar refractivity (Wildman–Crippen MR) is 95.6 cm³/mol. The summed E-state index contributed by atoms with van der Waals surface area (Å²) in [5, 5.41) is 9.42. The molecule has 0 aliphatic heterocycles. The number of amidine groups is 1. The van der Waals surface area contributed by atoms with Crippen LogP contribution in [0, 0.1) is 0 Å². The van der Waals surface area contributed by atoms with Crippen LogP contribution < -0.4 is 15.0 Å². The van der Waals surface area contributed by atoms with E-state index in [1.165, 1.54) is 19.3 Å². The van der Waals surface area contributed by atoms with Gasteiger partial charge in [0.25, 0.3) is 0 Å². The van der Waals surface area contributed by atoms with Gasteiger partial charge in [-0.1, -0.05) is 25.3 Å². The van der Waals surface area contributed by atoms with Crippen molar-refractivity contribution in [3.05, 3.63) is 48.2 Å². The molecule has 132 valence electrons. The number of nitrogens with one attached hydrogen (secondary N) is 1. The summed E-state index contributed by atoms with van der Waals surface area (Å²) in [7, 11) is 1.61. The maximum absolute atomic E-state index is 9.42. The Labute approximate surface area is 147 Å². The average Bonchev–Trinajstić information content (AvgIpc) is 2.68. The number of benzene rings is 1. The number of hydrogen-bond acceptors (Lipinski definition) is 5. The zero-order chi connectivity index (χ0) is 17.5. The molecule has 0 radical (unpaired) electrons. The van der Waals surface area contributed by atoms with Crippen LogP contribution in [0.4, 0.5) is 0 Å². The van der Waals surface area contributed by atoms with Crippen LogP contribution in [-0.4, -0.2) is 29.2 Å². The molecule has 0 spiro atoms. The fraction of sp³-hybridized carbons (Fsp3) is 0.368. The normalized spacial score (nSPS) is 15.7. The molecule has 0 unspecified atom stereocenters. The van der Waals surface area contributed by atoms with Crippen molar-refractivity contribution in [1.29, 1.82) is 0 Å². The van der Waals surface area contributed by atoms with E-state index in [4.69, 9.17) is 9.47 Å². The zero-order valence-corrected chi connectivity index (χ0v) is 14.3. The topological polar surface area (TPSA) is 76.0 Å². The third kappa shape index (κ3) is 4.70. The number of pyridine rings is 1. The molecule has 3 rings (SSSR count). The molecular weight excluding hydrogens is 318 g/mol. The molecule has 2 N–H and O–H groups in total. The Morgan fingerprint density at radius 3 is 2.64 bits per heavy atom. The van der Waals surface area contributed by atoms with Crippen LogP contribution >= 0.6 is 0 Å². The molecule has 1 fully saturated rings. The van der Waals surface area contributed by atoms with Crippen molar-refractivity contribution >= 4 is 5.84 Å². The van der Waals surface area contributed by atoms with E-state index in [2.05, 4.69) is 15.5 Å². The molecule has 1 heterocycles. The van der Waals surface area contributed by atoms with Gasteiger partial charge in [0.05, 0.1) is 13.2 Å². The van der Waals surface area contributed by atoms with Crippen LogP contribution in [0.25, 0.3) is 0 Å². The van der Waals surface area contributed by atoms with Crippen LogP contribution in [-0.2, 0) is 0 Å². The summed E-state index contributed by atoms with van der Waals surface area (Å²) in [5.41, 5.74) is 2.93. The number of aromatic nitrogens is 1. The lowest BCUT2D eigenvalue weighted by atomic mass is 9.96. The van der Waals surface area contributed by atoms with E-state index < -0.39 is 0 Å². The molecule has 25 heavy (non-hydrogen) atoms. The predicted octanol–water partition coefficient (Wildman–Crippen LogP) is 3.94. The van der Waals surface area contributed by atoms with E-state index in [1.807, 2.05) is 24.3 Å². The van der Waals surface area contributed by atoms with Crippen LogP contribution in [0.15, 0.2) is 47.6 Å². The second kappa shape index (κ2) is 8.48. The number of rotatable bonds is 5. The maximum atomic E-state index is 9.42. The lowest BCUT2D eigenvalue weighted by Gasteiger charge is -2.19. The fourth-order valence-corrected chi connectivity index (χ4v) is 2.93. The van der Waals surface area contributed by atoms with Gasteiger partial charge in [-0.05, 0) is 31.0 Å². The van der Waals surface area contributed by atoms with Gasteiger partial charge in [-0.25, -0.2) is 4.98 Å². The number of nitrogens with zero attached hydrogens (tertiary/aromatic N) is 2. The highest BCUT2D eigenvalue weighted by Gasteiger charge is 2.14. The number of hydrogen-bond donors (Lipinski definition) is 2. The van der Waals surface area contributed by atoms with Crippen molar-refractivity contribution in [1.82, 2.24) is 10.5 Å². The summed E-state index contributed by atoms with van der Waals surface area (Å²) in [5.74, 6) is 2.29. The molecule has 1 aliphatic carbocycles. The first-order valence-electron chi connectivity index (χ1n) is 8.55. The van der Waals surface area contributed by atoms with Gasteiger partial charge >= 0.3 is 0 Å². The summed E-state index contributed by atoms with van der Waals surface area (Å²) < 4.78 is 10.9. The largest absolute Gasteiger partial charge is 0.497 e. The Kier molecular flexibility index (Phi) is 5.85. The molecule has 6 nitrogen and oxygen atoms in total. The van der Waals surface area contributed by atoms with Crippen molar-refractivity contribution in [2.75, 3.05) is 7.11 Å². The van der Waals surface area contributed by atoms with Crippen molar-refractivity contribution in [3.63, 3.8) is 0 Å². The Hall–Kier alpha value is -2.60. The minimum Gasteiger partial charge on any atom is -0.497 e. The lowest BCUT2D eigenvalue weighted by molar-refractivity contribution is 0.233. The molecule has 1 aromatic carbocycles. The first-order valence-corrected chi connectivity index (χ1v) is 8.55. The van der Waals surface area contributed by atoms with Crippen LogP contribution in [0.3, 0.4) is 0 Å². The molecule has 2 aromatic rings. The van der Waals surface area contributed by atoms with Crippen LogP contribution in [0.1, 0.15) is 37.7 Å². The van der Waals surface area contributed by atoms with E-state index in [1.54, 1.807) is 25.4 Å². The lowest BCUT2D eigenvalue weighted by Crippen LogP contribution is -2.24. The Morgan fingerprint density at radius 2 is 1.96 bits per heavy atom. The van der Waals surface area contributed by atoms with Crippen LogP contribution in [0.5, 0.6) is 17.4 Å². The van der Waals surface area contributed by atoms with Gasteiger partial charge in [-0.15, -0.1) is 0 Å². The molecular formula is C19H23N3O3. The van der Waals surface area contributed by atoms with E-state index in [-0.39, 0.29) is 6.04 Å². The van der Waals surface area contributed by atoms with Crippen molar-refractivity contribution in [2.24, 2.45) is 4.99 Å². The smallest absolute Gasteiger partial charge is 0.219 e. The van der Waals surface area contributed by atoms with Gasteiger partial charge in [0, 0.05) is 23.9 Å². The highest BCUT2D eigenvalue weighted by Crippen LogP contribution is 2.24. The van der Waals surface area contributed by atoms with Crippen molar-refractivity contribution in [2.45, 2.75) is 38.1 Å². The summed E-state index contributed by atoms with van der Waals surface area (Å²) in [6, 6.07) is 11.2. The van der Waals surface area contributed by atoms with Crippen LogP contribution in [0.2, 0.25) is 0 Å². The third-order valence-corrected chi connectivity index (χ3v) is 4.27. The van der Waals surface area contributed by atoms with Gasteiger partial charge in [-0.3, -0.25) is 15.7 Å². The summed E-state index contributed by atoms with van der Waals surface area (Å²) in [6.07, 6.45) is 7.42. The zero-order valence-electron chi connectivity index (χ0n) is 14.3. The first-order chi connectivity index (χ1) is 12.3. The third-order valence-electron chi connectivity index (χ3n) is 4.27. The molecule has 0 bridgehead atoms. The highest BCUT2D eigenvalue weighted by molar-refractivity contribution is 5.97. The van der Waals surface area contributed by atoms with Gasteiger partial charge < -0.3 is 9.47 Å². The quantitative estimate of drug-likeness (QED) is 0.489. The standard InChI is InChI=1S/C19H23N3O3/c1-24-16-8-5-9-17(12-16)25-18-11-10-14(13-20-18)19(22-23)21-15-6-3-2-4-7-15/h5,8-13,15,23H,2-4,6-7H2,1H3,(H,21,22). The Morgan fingerprint density at radius 1 is 1.16 bits per heavy atom. The molecule has 1 aliphatic rings. The highest BCUT2D eigenvalue weighted by atomic mass is 16.5. The molecule has 1 aromatic heterocycles. The molecule has 0 amide bonds. The van der Waals surface area contributed by atoms with E-state index in [0.29, 0.717) is 17.5 Å². The van der Waals surface area contributed by atoms with E-state index in [0.717, 1.165) is 24.2 Å². The molecule has 0 saturated heterocycles.